The zero-order valence-corrected chi connectivity index (χ0v) is 49.4. The number of rotatable bonds is 8. The third-order valence-electron chi connectivity index (χ3n) is 16.6. The Balaban J connectivity index is 0.000000134. The summed E-state index contributed by atoms with van der Waals surface area (Å²) in [7, 11) is 0. The molecule has 0 bridgehead atoms. The molecule has 4 heterocycles. The maximum Gasteiger partial charge on any atom is 0.137 e. The first-order valence-electron chi connectivity index (χ1n) is 29.6. The SMILES string of the molecule is Clc1ccc2c(c1)oc1cc3cc4oc5cc(Cl)ccc5c4cc3cc12.c1ccc(Cc2ccccc2)cc1.c1ccc(N(c2ccccc2)c2ccc3c(c2)oc2cc4cc5oc6cc(N(c7ccccc7)c7ccccc7)ccc6c5cc4cc23)cc1. The molecule has 18 aromatic rings. The average molecular weight is 1190 g/mol. The van der Waals surface area contributed by atoms with Crippen LogP contribution < -0.4 is 9.80 Å². The Bertz CT molecular complexity index is 5190. The van der Waals surface area contributed by atoms with Crippen molar-refractivity contribution >= 4 is 167 Å². The van der Waals surface area contributed by atoms with Crippen LogP contribution in [0.15, 0.2) is 321 Å². The number of nitrogens with zero attached hydrogens (tertiary/aromatic N) is 2. The van der Waals surface area contributed by atoms with E-state index in [1.807, 2.05) is 60.7 Å². The summed E-state index contributed by atoms with van der Waals surface area (Å²) in [5.41, 5.74) is 15.9. The van der Waals surface area contributed by atoms with E-state index in [0.717, 1.165) is 150 Å². The maximum atomic E-state index is 6.56. The Morgan fingerprint density at radius 2 is 0.461 bits per heavy atom. The number of anilines is 6. The van der Waals surface area contributed by atoms with Crippen LogP contribution in [0.3, 0.4) is 0 Å². The zero-order chi connectivity index (χ0) is 59.4. The number of furan rings is 4. The van der Waals surface area contributed by atoms with Crippen molar-refractivity contribution in [2.45, 2.75) is 6.42 Å². The summed E-state index contributed by atoms with van der Waals surface area (Å²) in [5, 5.41) is 14.5. The third kappa shape index (κ3) is 10.3. The van der Waals surface area contributed by atoms with Crippen molar-refractivity contribution < 1.29 is 17.7 Å². The van der Waals surface area contributed by atoms with Crippen molar-refractivity contribution in [2.24, 2.45) is 0 Å². The molecule has 0 N–H and O–H groups in total. The van der Waals surface area contributed by atoms with E-state index < -0.39 is 0 Å². The zero-order valence-electron chi connectivity index (χ0n) is 47.9. The normalized spacial score (nSPS) is 11.5. The second-order valence-corrected chi connectivity index (χ2v) is 23.2. The predicted octanol–water partition coefficient (Wildman–Crippen LogP) is 24.8. The van der Waals surface area contributed by atoms with Gasteiger partial charge in [0.25, 0.3) is 0 Å². The summed E-state index contributed by atoms with van der Waals surface area (Å²) >= 11 is 12.2. The molecule has 0 saturated carbocycles. The van der Waals surface area contributed by atoms with Gasteiger partial charge in [0.05, 0.1) is 0 Å². The molecule has 18 rings (SSSR count). The van der Waals surface area contributed by atoms with Crippen molar-refractivity contribution in [1.82, 2.24) is 0 Å². The minimum Gasteiger partial charge on any atom is -0.456 e. The van der Waals surface area contributed by atoms with Gasteiger partial charge in [-0.2, -0.15) is 0 Å². The molecule has 89 heavy (non-hydrogen) atoms. The van der Waals surface area contributed by atoms with E-state index in [-0.39, 0.29) is 0 Å². The molecule has 0 aliphatic carbocycles. The van der Waals surface area contributed by atoms with Crippen LogP contribution >= 0.6 is 23.2 Å². The van der Waals surface area contributed by atoms with Crippen molar-refractivity contribution in [1.29, 1.82) is 0 Å². The van der Waals surface area contributed by atoms with Crippen LogP contribution in [0.4, 0.5) is 34.1 Å². The standard InChI is InChI=1S/C46H30N2O2.C22H10Cl2O2.C13H12/c1-5-13-33(14-6-1)47(34-15-7-2-8-16-34)37-21-23-39-41-25-31-26-42-40-24-22-38(48(35-17-9-3-10-18-35)36-19-11-4-12-20-36)30-46(40)50-44(42)28-32(31)27-43(41)49-45(39)29-37;23-13-1-3-15-17-5-11-6-18-16-4-2-14(24)10-22(16)26-20(18)8-12(11)7-19(17)25-21(15)9-13;1-3-7-12(8-4-1)11-13-9-5-2-6-10-13/h1-30H;1-10H;1-10H,11H2. The van der Waals surface area contributed by atoms with E-state index in [4.69, 9.17) is 40.9 Å². The fraction of sp³-hybridized carbons (Fsp3) is 0.0123. The molecule has 0 aliphatic rings. The van der Waals surface area contributed by atoms with Crippen LogP contribution in [0.25, 0.3) is 109 Å². The molecule has 0 amide bonds. The molecule has 8 heteroatoms. The largest absolute Gasteiger partial charge is 0.456 e. The molecular formula is C81H52Cl2N2O4. The quantitative estimate of drug-likeness (QED) is 0.151. The molecular weight excluding hydrogens is 1140 g/mol. The van der Waals surface area contributed by atoms with Crippen LogP contribution in [-0.4, -0.2) is 0 Å². The van der Waals surface area contributed by atoms with Gasteiger partial charge < -0.3 is 27.5 Å². The third-order valence-corrected chi connectivity index (χ3v) is 17.1. The molecule has 0 saturated heterocycles. The van der Waals surface area contributed by atoms with Gasteiger partial charge in [0.2, 0.25) is 0 Å². The van der Waals surface area contributed by atoms with Gasteiger partial charge in [-0.15, -0.1) is 0 Å². The van der Waals surface area contributed by atoms with Crippen molar-refractivity contribution in [3.8, 4) is 0 Å². The number of benzene rings is 14. The van der Waals surface area contributed by atoms with Gasteiger partial charge >= 0.3 is 0 Å². The lowest BCUT2D eigenvalue weighted by Gasteiger charge is -2.25. The second-order valence-electron chi connectivity index (χ2n) is 22.3. The van der Waals surface area contributed by atoms with Gasteiger partial charge in [-0.3, -0.25) is 0 Å². The van der Waals surface area contributed by atoms with Crippen LogP contribution in [0, 0.1) is 0 Å². The minimum atomic E-state index is 0.670. The molecule has 14 aromatic carbocycles. The fourth-order valence-electron chi connectivity index (χ4n) is 12.4. The number of para-hydroxylation sites is 4. The average Bonchev–Trinajstić information content (AvgIpc) is 2.02. The number of fused-ring (bicyclic) bond motifs is 14. The minimum absolute atomic E-state index is 0.670. The highest BCUT2D eigenvalue weighted by molar-refractivity contribution is 6.32. The summed E-state index contributed by atoms with van der Waals surface area (Å²) in [5.74, 6) is 0. The summed E-state index contributed by atoms with van der Waals surface area (Å²) < 4.78 is 25.1. The van der Waals surface area contributed by atoms with Gasteiger partial charge in [0.1, 0.15) is 44.7 Å². The summed E-state index contributed by atoms with van der Waals surface area (Å²) in [6.07, 6.45) is 1.03. The van der Waals surface area contributed by atoms with Gasteiger partial charge in [0.15, 0.2) is 0 Å². The smallest absolute Gasteiger partial charge is 0.137 e. The summed E-state index contributed by atoms with van der Waals surface area (Å²) in [4.78, 5) is 4.51. The van der Waals surface area contributed by atoms with Crippen LogP contribution in [0.5, 0.6) is 0 Å². The molecule has 0 unspecified atom stereocenters. The lowest BCUT2D eigenvalue weighted by Crippen LogP contribution is -2.09. The van der Waals surface area contributed by atoms with E-state index in [1.165, 1.54) is 11.1 Å². The molecule has 0 fully saturated rings. The highest BCUT2D eigenvalue weighted by Gasteiger charge is 2.20. The topological polar surface area (TPSA) is 59.0 Å². The van der Waals surface area contributed by atoms with Gasteiger partial charge in [-0.05, 0) is 185 Å². The number of hydrogen-bond donors (Lipinski definition) is 0. The van der Waals surface area contributed by atoms with Crippen molar-refractivity contribution in [3.63, 3.8) is 0 Å². The van der Waals surface area contributed by atoms with Crippen LogP contribution in [0.1, 0.15) is 11.1 Å². The fourth-order valence-corrected chi connectivity index (χ4v) is 12.7. The molecule has 0 radical (unpaired) electrons. The van der Waals surface area contributed by atoms with E-state index in [2.05, 4.69) is 252 Å². The summed E-state index contributed by atoms with van der Waals surface area (Å²) in [6, 6.07) is 105. The lowest BCUT2D eigenvalue weighted by molar-refractivity contribution is 0.668. The first kappa shape index (κ1) is 53.5. The Morgan fingerprint density at radius 1 is 0.213 bits per heavy atom. The monoisotopic (exact) mass is 1190 g/mol. The molecule has 4 aromatic heterocycles. The van der Waals surface area contributed by atoms with Crippen molar-refractivity contribution in [2.75, 3.05) is 9.80 Å². The summed E-state index contributed by atoms with van der Waals surface area (Å²) in [6.45, 7) is 0. The maximum absolute atomic E-state index is 6.56. The van der Waals surface area contributed by atoms with Crippen LogP contribution in [0.2, 0.25) is 10.0 Å². The molecule has 424 valence electrons. The molecule has 0 atom stereocenters. The predicted molar refractivity (Wildman–Crippen MR) is 372 cm³/mol. The van der Waals surface area contributed by atoms with Crippen LogP contribution in [-0.2, 0) is 6.42 Å². The number of halogens is 2. The Morgan fingerprint density at radius 3 is 0.764 bits per heavy atom. The van der Waals surface area contributed by atoms with Gasteiger partial charge in [-0.25, -0.2) is 0 Å². The highest BCUT2D eigenvalue weighted by atomic mass is 35.5. The molecule has 0 spiro atoms. The van der Waals surface area contributed by atoms with E-state index >= 15 is 0 Å². The van der Waals surface area contributed by atoms with E-state index in [9.17, 15) is 0 Å². The van der Waals surface area contributed by atoms with Gasteiger partial charge in [-0.1, -0.05) is 157 Å². The Hall–Kier alpha value is -11.0. The first-order chi connectivity index (χ1) is 43.9. The lowest BCUT2D eigenvalue weighted by atomic mass is 10.0. The molecule has 6 nitrogen and oxygen atoms in total. The second kappa shape index (κ2) is 22.7. The van der Waals surface area contributed by atoms with Crippen molar-refractivity contribution in [3.05, 3.63) is 324 Å². The Kier molecular flexibility index (Phi) is 13.6. The number of hydrogen-bond acceptors (Lipinski definition) is 6. The highest BCUT2D eigenvalue weighted by Crippen LogP contribution is 2.44. The first-order valence-corrected chi connectivity index (χ1v) is 30.4. The van der Waals surface area contributed by atoms with Gasteiger partial charge in [0, 0.05) is 112 Å². The van der Waals surface area contributed by atoms with E-state index in [1.54, 1.807) is 0 Å². The Labute approximate surface area is 521 Å². The van der Waals surface area contributed by atoms with E-state index in [0.29, 0.717) is 10.0 Å². The molecule has 0 aliphatic heterocycles.